The van der Waals surface area contributed by atoms with Crippen molar-refractivity contribution in [1.29, 1.82) is 0 Å². The highest BCUT2D eigenvalue weighted by molar-refractivity contribution is 6.32. The van der Waals surface area contributed by atoms with Crippen molar-refractivity contribution in [1.82, 2.24) is 0 Å². The minimum atomic E-state index is 0.661. The Kier molecular flexibility index (Phi) is 3.10. The number of rotatable bonds is 3. The van der Waals surface area contributed by atoms with Gasteiger partial charge in [0.05, 0.1) is 12.1 Å². The molecule has 3 heteroatoms. The molecule has 4 bridgehead atoms. The zero-order valence-electron chi connectivity index (χ0n) is 11.9. The van der Waals surface area contributed by atoms with Gasteiger partial charge in [0, 0.05) is 17.8 Å². The summed E-state index contributed by atoms with van der Waals surface area (Å²) in [6, 6.07) is 6.70. The smallest absolute Gasteiger partial charge is 0.139 e. The van der Waals surface area contributed by atoms with Crippen LogP contribution in [-0.2, 0) is 0 Å². The summed E-state index contributed by atoms with van der Waals surface area (Å²) in [4.78, 5) is 0. The maximum atomic E-state index is 6.11. The molecule has 0 unspecified atom stereocenters. The van der Waals surface area contributed by atoms with Crippen molar-refractivity contribution in [3.8, 4) is 5.75 Å². The van der Waals surface area contributed by atoms with E-state index in [0.717, 1.165) is 35.1 Å². The van der Waals surface area contributed by atoms with Crippen LogP contribution in [0.4, 0.5) is 5.69 Å². The lowest BCUT2D eigenvalue weighted by Gasteiger charge is -2.54. The third kappa shape index (κ3) is 2.09. The first-order chi connectivity index (χ1) is 9.72. The molecule has 0 spiro atoms. The Morgan fingerprint density at radius 1 is 1.05 bits per heavy atom. The summed E-state index contributed by atoms with van der Waals surface area (Å²) in [7, 11) is 1.67. The van der Waals surface area contributed by atoms with Crippen molar-refractivity contribution in [3.63, 3.8) is 0 Å². The molecular weight excluding hydrogens is 270 g/mol. The Hall–Kier alpha value is -0.890. The van der Waals surface area contributed by atoms with E-state index < -0.39 is 0 Å². The minimum absolute atomic E-state index is 0.661. The Morgan fingerprint density at radius 2 is 1.70 bits per heavy atom. The topological polar surface area (TPSA) is 21.3 Å². The van der Waals surface area contributed by atoms with E-state index in [4.69, 9.17) is 16.3 Å². The van der Waals surface area contributed by atoms with Crippen LogP contribution in [0, 0.1) is 23.7 Å². The molecule has 20 heavy (non-hydrogen) atoms. The number of ether oxygens (including phenoxy) is 1. The van der Waals surface area contributed by atoms with Crippen molar-refractivity contribution in [3.05, 3.63) is 23.2 Å². The van der Waals surface area contributed by atoms with Gasteiger partial charge in [-0.2, -0.15) is 0 Å². The number of anilines is 1. The summed E-state index contributed by atoms with van der Waals surface area (Å²) in [6.07, 6.45) is 7.27. The summed E-state index contributed by atoms with van der Waals surface area (Å²) in [5, 5.41) is 4.47. The van der Waals surface area contributed by atoms with E-state index in [0.29, 0.717) is 11.1 Å². The summed E-state index contributed by atoms with van der Waals surface area (Å²) >= 11 is 6.11. The normalized spacial score (nSPS) is 38.0. The Morgan fingerprint density at radius 3 is 2.30 bits per heavy atom. The van der Waals surface area contributed by atoms with E-state index in [1.54, 1.807) is 7.11 Å². The second kappa shape index (κ2) is 4.84. The molecule has 4 saturated carbocycles. The van der Waals surface area contributed by atoms with E-state index in [2.05, 4.69) is 11.4 Å². The molecular formula is C17H22ClNO. The van der Waals surface area contributed by atoms with Crippen LogP contribution in [0.2, 0.25) is 5.02 Å². The van der Waals surface area contributed by atoms with E-state index in [1.165, 1.54) is 32.1 Å². The second-order valence-electron chi connectivity index (χ2n) is 6.95. The maximum absolute atomic E-state index is 6.11. The fourth-order valence-corrected chi connectivity index (χ4v) is 5.30. The van der Waals surface area contributed by atoms with Gasteiger partial charge in [0.2, 0.25) is 0 Å². The lowest BCUT2D eigenvalue weighted by Crippen LogP contribution is -2.51. The predicted octanol–water partition coefficient (Wildman–Crippen LogP) is 4.59. The molecule has 4 fully saturated rings. The lowest BCUT2D eigenvalue weighted by molar-refractivity contribution is 0.00753. The van der Waals surface area contributed by atoms with Crippen molar-refractivity contribution < 1.29 is 4.74 Å². The van der Waals surface area contributed by atoms with Crippen molar-refractivity contribution in [2.45, 2.75) is 38.1 Å². The summed E-state index contributed by atoms with van der Waals surface area (Å²) in [5.74, 6) is 4.58. The molecule has 1 aromatic carbocycles. The van der Waals surface area contributed by atoms with Gasteiger partial charge in [-0.3, -0.25) is 0 Å². The van der Waals surface area contributed by atoms with Crippen molar-refractivity contribution in [2.24, 2.45) is 23.7 Å². The van der Waals surface area contributed by atoms with Crippen LogP contribution >= 0.6 is 11.6 Å². The van der Waals surface area contributed by atoms with Gasteiger partial charge in [0.1, 0.15) is 5.75 Å². The number of nitrogens with one attached hydrogen (secondary N) is 1. The Labute approximate surface area is 125 Å². The average Bonchev–Trinajstić information content (AvgIpc) is 2.44. The molecule has 0 atom stereocenters. The van der Waals surface area contributed by atoms with Gasteiger partial charge in [0.25, 0.3) is 0 Å². The molecule has 4 aliphatic rings. The van der Waals surface area contributed by atoms with Crippen LogP contribution in [0.1, 0.15) is 32.1 Å². The van der Waals surface area contributed by atoms with E-state index in [9.17, 15) is 0 Å². The van der Waals surface area contributed by atoms with Crippen LogP contribution < -0.4 is 10.1 Å². The molecule has 0 aromatic heterocycles. The summed E-state index contributed by atoms with van der Waals surface area (Å²) in [6.45, 7) is 0. The molecule has 1 aromatic rings. The third-order valence-electron chi connectivity index (χ3n) is 5.71. The van der Waals surface area contributed by atoms with Gasteiger partial charge in [-0.15, -0.1) is 0 Å². The summed E-state index contributed by atoms with van der Waals surface area (Å²) in [5.41, 5.74) is 1.16. The Balaban J connectivity index is 1.54. The highest BCUT2D eigenvalue weighted by Gasteiger charge is 2.48. The second-order valence-corrected chi connectivity index (χ2v) is 7.36. The van der Waals surface area contributed by atoms with Crippen LogP contribution in [0.3, 0.4) is 0 Å². The zero-order valence-corrected chi connectivity index (χ0v) is 12.7. The van der Waals surface area contributed by atoms with Gasteiger partial charge in [-0.25, -0.2) is 0 Å². The average molecular weight is 292 g/mol. The first-order valence-electron chi connectivity index (χ1n) is 7.83. The number of hydrogen-bond acceptors (Lipinski definition) is 2. The zero-order chi connectivity index (χ0) is 13.7. The third-order valence-corrected chi connectivity index (χ3v) is 6.02. The quantitative estimate of drug-likeness (QED) is 0.880. The molecule has 0 saturated heterocycles. The van der Waals surface area contributed by atoms with Crippen molar-refractivity contribution in [2.75, 3.05) is 12.4 Å². The van der Waals surface area contributed by atoms with E-state index >= 15 is 0 Å². The fraction of sp³-hybridized carbons (Fsp3) is 0.647. The monoisotopic (exact) mass is 291 g/mol. The molecule has 5 rings (SSSR count). The number of halogens is 1. The van der Waals surface area contributed by atoms with E-state index in [1.807, 2.05) is 12.1 Å². The predicted molar refractivity (Wildman–Crippen MR) is 82.5 cm³/mol. The van der Waals surface area contributed by atoms with Gasteiger partial charge in [0.15, 0.2) is 0 Å². The maximum Gasteiger partial charge on any atom is 0.139 e. The number of hydrogen-bond donors (Lipinski definition) is 1. The van der Waals surface area contributed by atoms with Crippen LogP contribution in [-0.4, -0.2) is 13.2 Å². The number of methoxy groups -OCH3 is 1. The molecule has 4 aliphatic carbocycles. The van der Waals surface area contributed by atoms with Gasteiger partial charge >= 0.3 is 0 Å². The SMILES string of the molecule is COc1cc(NC2C3CC4CC(C3)CC2C4)ccc1Cl. The molecule has 0 heterocycles. The first kappa shape index (κ1) is 12.8. The molecule has 0 radical (unpaired) electrons. The molecule has 1 N–H and O–H groups in total. The first-order valence-corrected chi connectivity index (χ1v) is 8.21. The molecule has 2 nitrogen and oxygen atoms in total. The standard InChI is InChI=1S/C17H22ClNO/c1-20-16-9-14(2-3-15(16)18)19-17-12-5-10-4-11(7-12)8-13(17)6-10/h2-3,9-13,17,19H,4-8H2,1H3. The van der Waals surface area contributed by atoms with Crippen molar-refractivity contribution >= 4 is 17.3 Å². The summed E-state index contributed by atoms with van der Waals surface area (Å²) < 4.78 is 5.32. The van der Waals surface area contributed by atoms with Crippen LogP contribution in [0.5, 0.6) is 5.75 Å². The van der Waals surface area contributed by atoms with Crippen LogP contribution in [0.15, 0.2) is 18.2 Å². The van der Waals surface area contributed by atoms with Gasteiger partial charge in [-0.1, -0.05) is 11.6 Å². The lowest BCUT2D eigenvalue weighted by atomic mass is 9.54. The van der Waals surface area contributed by atoms with Gasteiger partial charge < -0.3 is 10.1 Å². The number of benzene rings is 1. The largest absolute Gasteiger partial charge is 0.495 e. The highest BCUT2D eigenvalue weighted by Crippen LogP contribution is 2.54. The molecule has 108 valence electrons. The van der Waals surface area contributed by atoms with Gasteiger partial charge in [-0.05, 0) is 67.9 Å². The fourth-order valence-electron chi connectivity index (χ4n) is 5.10. The minimum Gasteiger partial charge on any atom is -0.495 e. The molecule has 0 aliphatic heterocycles. The molecule has 0 amide bonds. The Bertz CT molecular complexity index is 488. The highest BCUT2D eigenvalue weighted by atomic mass is 35.5. The van der Waals surface area contributed by atoms with Crippen LogP contribution in [0.25, 0.3) is 0 Å². The van der Waals surface area contributed by atoms with E-state index in [-0.39, 0.29) is 0 Å².